The Morgan fingerprint density at radius 1 is 1.09 bits per heavy atom. The molecule has 0 atom stereocenters. The second-order valence-corrected chi connectivity index (χ2v) is 10.3. The Bertz CT molecular complexity index is 1320. The molecule has 0 fully saturated rings. The SMILES string of the molecule is CC(=O)c1nn(CC(=O)OC(C)(C)C)c2c(COS(C)(=O)=O)cc(-c3cnc(C)nc3)cc12. The van der Waals surface area contributed by atoms with Gasteiger partial charge in [-0.25, -0.2) is 9.97 Å². The lowest BCUT2D eigenvalue weighted by atomic mass is 10.0. The highest BCUT2D eigenvalue weighted by molar-refractivity contribution is 7.85. The van der Waals surface area contributed by atoms with Crippen LogP contribution in [0.5, 0.6) is 0 Å². The van der Waals surface area contributed by atoms with Gasteiger partial charge in [0.15, 0.2) is 5.78 Å². The highest BCUT2D eigenvalue weighted by atomic mass is 32.2. The summed E-state index contributed by atoms with van der Waals surface area (Å²) in [4.78, 5) is 33.3. The third-order valence-corrected chi connectivity index (χ3v) is 5.04. The fraction of sp³-hybridized carbons (Fsp3) is 0.409. The molecular weight excluding hydrogens is 448 g/mol. The molecule has 33 heavy (non-hydrogen) atoms. The molecule has 0 aliphatic heterocycles. The summed E-state index contributed by atoms with van der Waals surface area (Å²) in [6, 6.07) is 3.45. The van der Waals surface area contributed by atoms with E-state index >= 15 is 0 Å². The van der Waals surface area contributed by atoms with Gasteiger partial charge in [-0.3, -0.25) is 18.5 Å². The number of ether oxygens (including phenoxy) is 1. The van der Waals surface area contributed by atoms with Crippen LogP contribution in [0, 0.1) is 6.92 Å². The number of fused-ring (bicyclic) bond motifs is 1. The average molecular weight is 475 g/mol. The van der Waals surface area contributed by atoms with Crippen molar-refractivity contribution in [3.8, 4) is 11.1 Å². The first-order chi connectivity index (χ1) is 15.2. The van der Waals surface area contributed by atoms with Crippen LogP contribution >= 0.6 is 0 Å². The van der Waals surface area contributed by atoms with Crippen molar-refractivity contribution in [3.63, 3.8) is 0 Å². The highest BCUT2D eigenvalue weighted by Gasteiger charge is 2.23. The predicted octanol–water partition coefficient (Wildman–Crippen LogP) is 2.82. The largest absolute Gasteiger partial charge is 0.459 e. The molecule has 2 aromatic heterocycles. The van der Waals surface area contributed by atoms with Crippen LogP contribution in [0.1, 0.15) is 49.6 Å². The van der Waals surface area contributed by atoms with Crippen LogP contribution in [-0.2, 0) is 37.0 Å². The van der Waals surface area contributed by atoms with Crippen molar-refractivity contribution in [2.24, 2.45) is 0 Å². The van der Waals surface area contributed by atoms with Gasteiger partial charge in [0.2, 0.25) is 0 Å². The van der Waals surface area contributed by atoms with Gasteiger partial charge in [0.25, 0.3) is 10.1 Å². The van der Waals surface area contributed by atoms with Crippen LogP contribution < -0.4 is 0 Å². The monoisotopic (exact) mass is 474 g/mol. The molecular formula is C22H26N4O6S. The fourth-order valence-corrected chi connectivity index (χ4v) is 3.60. The van der Waals surface area contributed by atoms with E-state index in [0.717, 1.165) is 6.26 Å². The third kappa shape index (κ3) is 6.20. The van der Waals surface area contributed by atoms with Crippen molar-refractivity contribution < 1.29 is 26.9 Å². The zero-order valence-corrected chi connectivity index (χ0v) is 20.2. The Kier molecular flexibility index (Phi) is 6.66. The molecule has 0 bridgehead atoms. The normalized spacial score (nSPS) is 12.2. The molecule has 1 aromatic carbocycles. The topological polar surface area (TPSA) is 130 Å². The van der Waals surface area contributed by atoms with E-state index in [2.05, 4.69) is 15.1 Å². The van der Waals surface area contributed by atoms with E-state index in [1.165, 1.54) is 11.6 Å². The minimum atomic E-state index is -3.76. The molecule has 0 spiro atoms. The van der Waals surface area contributed by atoms with E-state index < -0.39 is 21.7 Å². The summed E-state index contributed by atoms with van der Waals surface area (Å²) in [7, 11) is -3.76. The Morgan fingerprint density at radius 2 is 1.73 bits per heavy atom. The van der Waals surface area contributed by atoms with E-state index in [4.69, 9.17) is 8.92 Å². The molecule has 0 N–H and O–H groups in total. The van der Waals surface area contributed by atoms with Gasteiger partial charge in [-0.05, 0) is 45.4 Å². The first kappa shape index (κ1) is 24.5. The molecule has 0 aliphatic carbocycles. The van der Waals surface area contributed by atoms with E-state index in [9.17, 15) is 18.0 Å². The lowest BCUT2D eigenvalue weighted by molar-refractivity contribution is -0.155. The van der Waals surface area contributed by atoms with Crippen molar-refractivity contribution in [1.29, 1.82) is 0 Å². The van der Waals surface area contributed by atoms with Crippen LogP contribution in [0.15, 0.2) is 24.5 Å². The van der Waals surface area contributed by atoms with E-state index in [1.807, 2.05) is 0 Å². The molecule has 0 amide bonds. The summed E-state index contributed by atoms with van der Waals surface area (Å²) in [5, 5.41) is 4.80. The Balaban J connectivity index is 2.22. The number of Topliss-reactive ketones (excluding diaryl/α,β-unsaturated/α-hetero) is 1. The lowest BCUT2D eigenvalue weighted by Crippen LogP contribution is -2.27. The minimum absolute atomic E-state index is 0.143. The molecule has 176 valence electrons. The summed E-state index contributed by atoms with van der Waals surface area (Å²) in [6.07, 6.45) is 4.20. The average Bonchev–Trinajstić information content (AvgIpc) is 3.03. The molecule has 0 unspecified atom stereocenters. The molecule has 0 saturated heterocycles. The number of carbonyl (C=O) groups excluding carboxylic acids is 2. The van der Waals surface area contributed by atoms with Gasteiger partial charge in [0.05, 0.1) is 18.4 Å². The van der Waals surface area contributed by atoms with Crippen LogP contribution in [0.4, 0.5) is 0 Å². The van der Waals surface area contributed by atoms with Crippen molar-refractivity contribution in [2.45, 2.75) is 53.4 Å². The van der Waals surface area contributed by atoms with Gasteiger partial charge in [-0.1, -0.05) is 0 Å². The van der Waals surface area contributed by atoms with E-state index in [0.29, 0.717) is 33.4 Å². The third-order valence-electron chi connectivity index (χ3n) is 4.50. The maximum Gasteiger partial charge on any atom is 0.328 e. The summed E-state index contributed by atoms with van der Waals surface area (Å²) < 4.78 is 35.1. The number of hydrogen-bond acceptors (Lipinski definition) is 9. The summed E-state index contributed by atoms with van der Waals surface area (Å²) >= 11 is 0. The van der Waals surface area contributed by atoms with E-state index in [1.54, 1.807) is 52.2 Å². The number of aryl methyl sites for hydroxylation is 1. The number of hydrogen-bond donors (Lipinski definition) is 0. The van der Waals surface area contributed by atoms with Gasteiger partial charge in [-0.2, -0.15) is 13.5 Å². The smallest absolute Gasteiger partial charge is 0.328 e. The van der Waals surface area contributed by atoms with Gasteiger partial charge in [-0.15, -0.1) is 0 Å². The second kappa shape index (κ2) is 8.99. The van der Waals surface area contributed by atoms with Crippen LogP contribution in [0.25, 0.3) is 22.0 Å². The van der Waals surface area contributed by atoms with Crippen molar-refractivity contribution in [1.82, 2.24) is 19.7 Å². The molecule has 10 nitrogen and oxygen atoms in total. The Morgan fingerprint density at radius 3 is 2.27 bits per heavy atom. The predicted molar refractivity (Wildman–Crippen MR) is 121 cm³/mol. The number of benzene rings is 1. The van der Waals surface area contributed by atoms with Crippen molar-refractivity contribution in [2.75, 3.05) is 6.26 Å². The number of rotatable bonds is 7. The van der Waals surface area contributed by atoms with Crippen molar-refractivity contribution in [3.05, 3.63) is 41.6 Å². The molecule has 2 heterocycles. The van der Waals surface area contributed by atoms with Crippen LogP contribution in [0.2, 0.25) is 0 Å². The quantitative estimate of drug-likeness (QED) is 0.288. The fourth-order valence-electron chi connectivity index (χ4n) is 3.26. The summed E-state index contributed by atoms with van der Waals surface area (Å²) in [6.45, 7) is 7.78. The van der Waals surface area contributed by atoms with Gasteiger partial charge in [0, 0.05) is 35.8 Å². The minimum Gasteiger partial charge on any atom is -0.459 e. The van der Waals surface area contributed by atoms with Gasteiger partial charge in [0.1, 0.15) is 23.7 Å². The number of aromatic nitrogens is 4. The summed E-state index contributed by atoms with van der Waals surface area (Å²) in [5.74, 6) is -0.265. The first-order valence-electron chi connectivity index (χ1n) is 10.1. The molecule has 11 heteroatoms. The van der Waals surface area contributed by atoms with Crippen LogP contribution in [0.3, 0.4) is 0 Å². The highest BCUT2D eigenvalue weighted by Crippen LogP contribution is 2.31. The Hall–Kier alpha value is -3.18. The van der Waals surface area contributed by atoms with Crippen molar-refractivity contribution >= 4 is 32.8 Å². The van der Waals surface area contributed by atoms with Gasteiger partial charge >= 0.3 is 5.97 Å². The number of carbonyl (C=O) groups is 2. The molecule has 0 saturated carbocycles. The maximum atomic E-state index is 12.5. The lowest BCUT2D eigenvalue weighted by Gasteiger charge is -2.19. The Labute approximate surface area is 192 Å². The zero-order chi connectivity index (χ0) is 24.6. The number of nitrogens with zero attached hydrogens (tertiary/aromatic N) is 4. The number of esters is 1. The molecule has 3 rings (SSSR count). The summed E-state index contributed by atoms with van der Waals surface area (Å²) in [5.41, 5.74) is 1.59. The second-order valence-electron chi connectivity index (χ2n) is 8.67. The number of ketones is 1. The standard InChI is InChI=1S/C22H26N4O6S/c1-13(27)20-18-8-15(17-9-23-14(2)24-10-17)7-16(12-31-33(6,29)30)21(18)26(25-20)11-19(28)32-22(3,4)5/h7-10H,11-12H2,1-6H3. The zero-order valence-electron chi connectivity index (χ0n) is 19.4. The first-order valence-corrected chi connectivity index (χ1v) is 11.9. The molecule has 0 aliphatic rings. The molecule has 3 aromatic rings. The van der Waals surface area contributed by atoms with Crippen LogP contribution in [-0.4, -0.2) is 51.8 Å². The van der Waals surface area contributed by atoms with E-state index in [-0.39, 0.29) is 24.6 Å². The molecule has 0 radical (unpaired) electrons. The maximum absolute atomic E-state index is 12.5. The van der Waals surface area contributed by atoms with Gasteiger partial charge < -0.3 is 4.74 Å².